The molecule has 2 heterocycles. The third-order valence-corrected chi connectivity index (χ3v) is 6.36. The minimum Gasteiger partial charge on any atom is -0.360 e. The lowest BCUT2D eigenvalue weighted by Crippen LogP contribution is -2.41. The molecule has 7 nitrogen and oxygen atoms in total. The number of hydrogen-bond acceptors (Lipinski definition) is 5. The molecule has 0 spiro atoms. The SMILES string of the molecule is Cc1cc(NC(=O)c2ccc(S(=O)(=O)N3CCCCC3C)cc2)no1. The quantitative estimate of drug-likeness (QED) is 0.902. The maximum absolute atomic E-state index is 12.8. The van der Waals surface area contributed by atoms with Gasteiger partial charge in [-0.2, -0.15) is 4.31 Å². The van der Waals surface area contributed by atoms with Crippen molar-refractivity contribution in [2.75, 3.05) is 11.9 Å². The molecule has 1 fully saturated rings. The van der Waals surface area contributed by atoms with Crippen LogP contribution < -0.4 is 5.32 Å². The fourth-order valence-electron chi connectivity index (χ4n) is 2.96. The smallest absolute Gasteiger partial charge is 0.256 e. The summed E-state index contributed by atoms with van der Waals surface area (Å²) in [6.07, 6.45) is 2.80. The molecule has 0 radical (unpaired) electrons. The van der Waals surface area contributed by atoms with E-state index in [-0.39, 0.29) is 16.8 Å². The monoisotopic (exact) mass is 363 g/mol. The third-order valence-electron chi connectivity index (χ3n) is 4.33. The van der Waals surface area contributed by atoms with Crippen LogP contribution in [0, 0.1) is 6.92 Å². The van der Waals surface area contributed by atoms with Gasteiger partial charge in [0.05, 0.1) is 4.90 Å². The minimum absolute atomic E-state index is 0.00266. The van der Waals surface area contributed by atoms with Gasteiger partial charge in [0.2, 0.25) is 10.0 Å². The number of benzene rings is 1. The van der Waals surface area contributed by atoms with Crippen LogP contribution in [-0.2, 0) is 10.0 Å². The molecule has 1 saturated heterocycles. The average molecular weight is 363 g/mol. The summed E-state index contributed by atoms with van der Waals surface area (Å²) < 4.78 is 32.0. The summed E-state index contributed by atoms with van der Waals surface area (Å²) in [6, 6.07) is 7.55. The van der Waals surface area contributed by atoms with E-state index in [1.807, 2.05) is 6.92 Å². The number of sulfonamides is 1. The number of rotatable bonds is 4. The Kier molecular flexibility index (Phi) is 4.91. The van der Waals surface area contributed by atoms with Crippen LogP contribution in [0.1, 0.15) is 42.3 Å². The van der Waals surface area contributed by atoms with Crippen LogP contribution in [0.3, 0.4) is 0 Å². The summed E-state index contributed by atoms with van der Waals surface area (Å²) in [5.41, 5.74) is 0.353. The number of nitrogens with zero attached hydrogens (tertiary/aromatic N) is 2. The molecule has 1 aliphatic heterocycles. The van der Waals surface area contributed by atoms with Crippen LogP contribution in [0.2, 0.25) is 0 Å². The Bertz CT molecular complexity index is 858. The molecule has 2 aromatic rings. The summed E-state index contributed by atoms with van der Waals surface area (Å²) in [5, 5.41) is 6.30. The van der Waals surface area contributed by atoms with Crippen molar-refractivity contribution >= 4 is 21.7 Å². The van der Waals surface area contributed by atoms with Gasteiger partial charge >= 0.3 is 0 Å². The maximum atomic E-state index is 12.8. The van der Waals surface area contributed by atoms with E-state index < -0.39 is 10.0 Å². The summed E-state index contributed by atoms with van der Waals surface area (Å²) in [4.78, 5) is 12.4. The predicted octanol–water partition coefficient (Wildman–Crippen LogP) is 2.80. The van der Waals surface area contributed by atoms with E-state index in [4.69, 9.17) is 4.52 Å². The number of nitrogens with one attached hydrogen (secondary N) is 1. The first-order chi connectivity index (χ1) is 11.9. The highest BCUT2D eigenvalue weighted by molar-refractivity contribution is 7.89. The number of anilines is 1. The molecule has 1 unspecified atom stereocenters. The number of hydrogen-bond donors (Lipinski definition) is 1. The first-order valence-electron chi connectivity index (χ1n) is 8.24. The molecule has 0 aliphatic carbocycles. The molecule has 0 saturated carbocycles. The van der Waals surface area contributed by atoms with Crippen molar-refractivity contribution in [3.63, 3.8) is 0 Å². The molecule has 1 aliphatic rings. The molecule has 0 bridgehead atoms. The second kappa shape index (κ2) is 6.97. The van der Waals surface area contributed by atoms with Crippen molar-refractivity contribution in [2.24, 2.45) is 0 Å². The molecule has 8 heteroatoms. The Morgan fingerprint density at radius 2 is 2.00 bits per heavy atom. The molecule has 134 valence electrons. The number of piperidine rings is 1. The number of carbonyl (C=O) groups excluding carboxylic acids is 1. The highest BCUT2D eigenvalue weighted by Gasteiger charge is 2.30. The van der Waals surface area contributed by atoms with Crippen molar-refractivity contribution in [3.05, 3.63) is 41.7 Å². The van der Waals surface area contributed by atoms with Gasteiger partial charge in [-0.15, -0.1) is 0 Å². The van der Waals surface area contributed by atoms with E-state index in [0.29, 0.717) is 23.7 Å². The Morgan fingerprint density at radius 1 is 1.28 bits per heavy atom. The molecule has 1 aromatic carbocycles. The molecule has 1 amide bonds. The van der Waals surface area contributed by atoms with Gasteiger partial charge in [0, 0.05) is 24.2 Å². The fraction of sp³-hybridized carbons (Fsp3) is 0.412. The molecule has 1 N–H and O–H groups in total. The molecular formula is C17H21N3O4S. The van der Waals surface area contributed by atoms with Gasteiger partial charge < -0.3 is 9.84 Å². The van der Waals surface area contributed by atoms with Crippen LogP contribution in [0.4, 0.5) is 5.82 Å². The van der Waals surface area contributed by atoms with Crippen molar-refractivity contribution in [1.29, 1.82) is 0 Å². The van der Waals surface area contributed by atoms with Crippen molar-refractivity contribution in [2.45, 2.75) is 44.0 Å². The number of amides is 1. The van der Waals surface area contributed by atoms with Gasteiger partial charge in [0.15, 0.2) is 5.82 Å². The largest absolute Gasteiger partial charge is 0.360 e. The zero-order chi connectivity index (χ0) is 18.0. The van der Waals surface area contributed by atoms with Crippen LogP contribution in [0.25, 0.3) is 0 Å². The Hall–Kier alpha value is -2.19. The van der Waals surface area contributed by atoms with E-state index in [2.05, 4.69) is 10.5 Å². The van der Waals surface area contributed by atoms with Gasteiger partial charge in [-0.1, -0.05) is 11.6 Å². The Balaban J connectivity index is 1.76. The number of carbonyl (C=O) groups is 1. The first kappa shape index (κ1) is 17.6. The summed E-state index contributed by atoms with van der Waals surface area (Å²) in [6.45, 7) is 4.19. The van der Waals surface area contributed by atoms with Crippen LogP contribution in [0.5, 0.6) is 0 Å². The van der Waals surface area contributed by atoms with Crippen molar-refractivity contribution < 1.29 is 17.7 Å². The van der Waals surface area contributed by atoms with Crippen molar-refractivity contribution in [3.8, 4) is 0 Å². The Morgan fingerprint density at radius 3 is 2.60 bits per heavy atom. The van der Waals surface area contributed by atoms with Crippen LogP contribution in [-0.4, -0.2) is 36.4 Å². The molecular weight excluding hydrogens is 342 g/mol. The van der Waals surface area contributed by atoms with Gasteiger partial charge in [0.1, 0.15) is 5.76 Å². The maximum Gasteiger partial charge on any atom is 0.256 e. The molecule has 1 atom stereocenters. The van der Waals surface area contributed by atoms with Crippen molar-refractivity contribution in [1.82, 2.24) is 9.46 Å². The molecule has 25 heavy (non-hydrogen) atoms. The Labute approximate surface area is 147 Å². The lowest BCUT2D eigenvalue weighted by Gasteiger charge is -2.32. The normalized spacial score (nSPS) is 18.9. The zero-order valence-electron chi connectivity index (χ0n) is 14.2. The lowest BCUT2D eigenvalue weighted by atomic mass is 10.1. The van der Waals surface area contributed by atoms with Gasteiger partial charge in [-0.05, 0) is 51.0 Å². The lowest BCUT2D eigenvalue weighted by molar-refractivity contribution is 0.102. The van der Waals surface area contributed by atoms with Crippen LogP contribution >= 0.6 is 0 Å². The van der Waals surface area contributed by atoms with Gasteiger partial charge in [-0.3, -0.25) is 4.79 Å². The third kappa shape index (κ3) is 3.74. The number of aryl methyl sites for hydroxylation is 1. The van der Waals surface area contributed by atoms with E-state index in [1.54, 1.807) is 17.3 Å². The van der Waals surface area contributed by atoms with E-state index >= 15 is 0 Å². The minimum atomic E-state index is -3.53. The second-order valence-electron chi connectivity index (χ2n) is 6.26. The average Bonchev–Trinajstić information content (AvgIpc) is 3.00. The van der Waals surface area contributed by atoms with Gasteiger partial charge in [0.25, 0.3) is 5.91 Å². The fourth-order valence-corrected chi connectivity index (χ4v) is 4.66. The first-order valence-corrected chi connectivity index (χ1v) is 9.68. The number of aromatic nitrogens is 1. The molecule has 1 aromatic heterocycles. The topological polar surface area (TPSA) is 92.5 Å². The highest BCUT2D eigenvalue weighted by Crippen LogP contribution is 2.25. The van der Waals surface area contributed by atoms with Gasteiger partial charge in [-0.25, -0.2) is 8.42 Å². The zero-order valence-corrected chi connectivity index (χ0v) is 15.0. The summed E-state index contributed by atoms with van der Waals surface area (Å²) >= 11 is 0. The van der Waals surface area contributed by atoms with E-state index in [9.17, 15) is 13.2 Å². The van der Waals surface area contributed by atoms with E-state index in [0.717, 1.165) is 19.3 Å². The second-order valence-corrected chi connectivity index (χ2v) is 8.15. The summed E-state index contributed by atoms with van der Waals surface area (Å²) in [7, 11) is -3.53. The van der Waals surface area contributed by atoms with Crippen LogP contribution in [0.15, 0.2) is 39.8 Å². The van der Waals surface area contributed by atoms with E-state index in [1.165, 1.54) is 24.3 Å². The highest BCUT2D eigenvalue weighted by atomic mass is 32.2. The standard InChI is InChI=1S/C17H21N3O4S/c1-12-5-3-4-10-20(12)25(22,23)15-8-6-14(7-9-15)17(21)18-16-11-13(2)24-19-16/h6-9,11-12H,3-5,10H2,1-2H3,(H,18,19,21). The summed E-state index contributed by atoms with van der Waals surface area (Å²) in [5.74, 6) is 0.539. The molecule has 3 rings (SSSR count). The predicted molar refractivity (Wildman–Crippen MR) is 92.8 cm³/mol.